The van der Waals surface area contributed by atoms with Gasteiger partial charge in [0.1, 0.15) is 0 Å². The average molecular weight is 240 g/mol. The van der Waals surface area contributed by atoms with Gasteiger partial charge in [-0.2, -0.15) is 0 Å². The third-order valence-corrected chi connectivity index (χ3v) is 4.26. The molecule has 1 heterocycles. The van der Waals surface area contributed by atoms with Crippen LogP contribution in [0.15, 0.2) is 47.4 Å². The van der Waals surface area contributed by atoms with Crippen molar-refractivity contribution in [3.8, 4) is 0 Å². The van der Waals surface area contributed by atoms with E-state index in [9.17, 15) is 4.79 Å². The third-order valence-electron chi connectivity index (χ3n) is 3.16. The zero-order valence-electron chi connectivity index (χ0n) is 9.57. The first-order chi connectivity index (χ1) is 8.27. The maximum Gasteiger partial charge on any atom is 0.194 e. The third kappa shape index (κ3) is 1.69. The molecule has 2 heteroatoms. The van der Waals surface area contributed by atoms with Gasteiger partial charge in [0.15, 0.2) is 5.78 Å². The van der Waals surface area contributed by atoms with Gasteiger partial charge in [0.05, 0.1) is 0 Å². The van der Waals surface area contributed by atoms with Crippen LogP contribution in [0, 0.1) is 6.92 Å². The zero-order valence-corrected chi connectivity index (χ0v) is 10.4. The molecule has 0 fully saturated rings. The molecular formula is C15H12OS. The lowest BCUT2D eigenvalue weighted by molar-refractivity contribution is 0.103. The second kappa shape index (κ2) is 4.04. The van der Waals surface area contributed by atoms with Crippen molar-refractivity contribution in [2.45, 2.75) is 17.6 Å². The minimum atomic E-state index is 0.157. The van der Waals surface area contributed by atoms with E-state index in [1.54, 1.807) is 11.8 Å². The van der Waals surface area contributed by atoms with Crippen LogP contribution >= 0.6 is 11.8 Å². The van der Waals surface area contributed by atoms with E-state index in [1.807, 2.05) is 36.4 Å². The number of thioether (sulfide) groups is 1. The summed E-state index contributed by atoms with van der Waals surface area (Å²) in [5.74, 6) is 1.04. The molecule has 1 nitrogen and oxygen atoms in total. The number of benzene rings is 2. The Labute approximate surface area is 105 Å². The van der Waals surface area contributed by atoms with E-state index in [-0.39, 0.29) is 5.78 Å². The number of fused-ring (bicyclic) bond motifs is 2. The van der Waals surface area contributed by atoms with Crippen molar-refractivity contribution in [1.29, 1.82) is 0 Å². The Bertz CT molecular complexity index is 602. The fourth-order valence-corrected chi connectivity index (χ4v) is 3.36. The van der Waals surface area contributed by atoms with Crippen LogP contribution in [0.5, 0.6) is 0 Å². The first-order valence-corrected chi connectivity index (χ1v) is 6.61. The number of hydrogen-bond acceptors (Lipinski definition) is 2. The Morgan fingerprint density at radius 2 is 1.76 bits per heavy atom. The quantitative estimate of drug-likeness (QED) is 0.696. The summed E-state index contributed by atoms with van der Waals surface area (Å²) < 4.78 is 0. The van der Waals surface area contributed by atoms with Crippen molar-refractivity contribution in [2.75, 3.05) is 0 Å². The van der Waals surface area contributed by atoms with Gasteiger partial charge in [-0.1, -0.05) is 30.3 Å². The number of rotatable bonds is 0. The molecule has 0 saturated carbocycles. The summed E-state index contributed by atoms with van der Waals surface area (Å²) in [5.41, 5.74) is 4.08. The van der Waals surface area contributed by atoms with Crippen molar-refractivity contribution < 1.29 is 4.79 Å². The van der Waals surface area contributed by atoms with E-state index in [4.69, 9.17) is 0 Å². The molecule has 1 aliphatic heterocycles. The highest BCUT2D eigenvalue weighted by Gasteiger charge is 2.21. The molecule has 17 heavy (non-hydrogen) atoms. The standard InChI is InChI=1S/C15H12OS/c1-10-5-4-7-11-13(10)9-17-14-8-3-2-6-12(14)15(11)16/h2-8H,9H2,1H3. The molecule has 0 atom stereocenters. The fraction of sp³-hybridized carbons (Fsp3) is 0.133. The number of ketones is 1. The molecule has 2 aromatic rings. The molecule has 0 unspecified atom stereocenters. The first-order valence-electron chi connectivity index (χ1n) is 5.62. The van der Waals surface area contributed by atoms with Crippen molar-refractivity contribution in [2.24, 2.45) is 0 Å². The number of aryl methyl sites for hydroxylation is 1. The van der Waals surface area contributed by atoms with Crippen LogP contribution in [0.1, 0.15) is 27.0 Å². The van der Waals surface area contributed by atoms with E-state index in [1.165, 1.54) is 11.1 Å². The van der Waals surface area contributed by atoms with Crippen LogP contribution in [0.25, 0.3) is 0 Å². The number of carbonyl (C=O) groups is 1. The summed E-state index contributed by atoms with van der Waals surface area (Å²) in [6.07, 6.45) is 0. The maximum atomic E-state index is 12.5. The minimum Gasteiger partial charge on any atom is -0.289 e. The molecule has 0 spiro atoms. The van der Waals surface area contributed by atoms with Crippen molar-refractivity contribution in [3.05, 3.63) is 64.7 Å². The largest absolute Gasteiger partial charge is 0.289 e. The Morgan fingerprint density at radius 1 is 1.00 bits per heavy atom. The van der Waals surface area contributed by atoms with Crippen LogP contribution < -0.4 is 0 Å². The lowest BCUT2D eigenvalue weighted by Gasteiger charge is -2.06. The van der Waals surface area contributed by atoms with Crippen LogP contribution in [0.4, 0.5) is 0 Å². The minimum absolute atomic E-state index is 0.157. The van der Waals surface area contributed by atoms with E-state index >= 15 is 0 Å². The molecule has 0 bridgehead atoms. The van der Waals surface area contributed by atoms with Gasteiger partial charge in [-0.25, -0.2) is 0 Å². The van der Waals surface area contributed by atoms with Crippen LogP contribution in [-0.2, 0) is 5.75 Å². The highest BCUT2D eigenvalue weighted by molar-refractivity contribution is 7.98. The molecule has 84 valence electrons. The SMILES string of the molecule is Cc1cccc2c1CSc1ccccc1C2=O. The van der Waals surface area contributed by atoms with Crippen molar-refractivity contribution in [3.63, 3.8) is 0 Å². The molecule has 0 radical (unpaired) electrons. The average Bonchev–Trinajstić information content (AvgIpc) is 2.50. The van der Waals surface area contributed by atoms with E-state index in [0.29, 0.717) is 0 Å². The topological polar surface area (TPSA) is 17.1 Å². The van der Waals surface area contributed by atoms with Gasteiger partial charge in [0.2, 0.25) is 0 Å². The van der Waals surface area contributed by atoms with E-state index in [0.717, 1.165) is 21.8 Å². The summed E-state index contributed by atoms with van der Waals surface area (Å²) in [6.45, 7) is 2.07. The lowest BCUT2D eigenvalue weighted by Crippen LogP contribution is -2.04. The normalized spacial score (nSPS) is 13.8. The van der Waals surface area contributed by atoms with Crippen molar-refractivity contribution in [1.82, 2.24) is 0 Å². The summed E-state index contributed by atoms with van der Waals surface area (Å²) in [5, 5.41) is 0. The first kappa shape index (κ1) is 10.6. The van der Waals surface area contributed by atoms with Gasteiger partial charge >= 0.3 is 0 Å². The predicted molar refractivity (Wildman–Crippen MR) is 70.6 cm³/mol. The smallest absolute Gasteiger partial charge is 0.194 e. The van der Waals surface area contributed by atoms with E-state index < -0.39 is 0 Å². The van der Waals surface area contributed by atoms with Crippen molar-refractivity contribution >= 4 is 17.5 Å². The zero-order chi connectivity index (χ0) is 11.8. The Hall–Kier alpha value is -1.54. The molecular weight excluding hydrogens is 228 g/mol. The summed E-state index contributed by atoms with van der Waals surface area (Å²) in [7, 11) is 0. The molecule has 0 amide bonds. The Balaban J connectivity index is 2.24. The van der Waals surface area contributed by atoms with Crippen LogP contribution in [0.3, 0.4) is 0 Å². The predicted octanol–water partition coefficient (Wildman–Crippen LogP) is 3.83. The summed E-state index contributed by atoms with van der Waals surface area (Å²) in [4.78, 5) is 13.6. The highest BCUT2D eigenvalue weighted by atomic mass is 32.2. The summed E-state index contributed by atoms with van der Waals surface area (Å²) in [6, 6.07) is 13.8. The Kier molecular flexibility index (Phi) is 2.52. The van der Waals surface area contributed by atoms with Crippen LogP contribution in [0.2, 0.25) is 0 Å². The maximum absolute atomic E-state index is 12.5. The van der Waals surface area contributed by atoms with Crippen LogP contribution in [-0.4, -0.2) is 5.78 Å². The fourth-order valence-electron chi connectivity index (χ4n) is 2.18. The number of hydrogen-bond donors (Lipinski definition) is 0. The molecule has 0 N–H and O–H groups in total. The van der Waals surface area contributed by atoms with Gasteiger partial charge in [-0.05, 0) is 30.2 Å². The highest BCUT2D eigenvalue weighted by Crippen LogP contribution is 2.34. The van der Waals surface area contributed by atoms with Gasteiger partial charge < -0.3 is 0 Å². The van der Waals surface area contributed by atoms with E-state index in [2.05, 4.69) is 13.0 Å². The van der Waals surface area contributed by atoms with Gasteiger partial charge in [-0.15, -0.1) is 11.8 Å². The molecule has 0 aromatic heterocycles. The second-order valence-electron chi connectivity index (χ2n) is 4.21. The molecule has 0 saturated heterocycles. The van der Waals surface area contributed by atoms with Gasteiger partial charge in [-0.3, -0.25) is 4.79 Å². The van der Waals surface area contributed by atoms with Gasteiger partial charge in [0, 0.05) is 21.8 Å². The Morgan fingerprint density at radius 3 is 2.65 bits per heavy atom. The van der Waals surface area contributed by atoms with Gasteiger partial charge in [0.25, 0.3) is 0 Å². The monoisotopic (exact) mass is 240 g/mol. The second-order valence-corrected chi connectivity index (χ2v) is 5.23. The molecule has 2 aromatic carbocycles. The lowest BCUT2D eigenvalue weighted by atomic mass is 9.96. The molecule has 0 aliphatic carbocycles. The molecule has 3 rings (SSSR count). The number of carbonyl (C=O) groups excluding carboxylic acids is 1. The molecule has 1 aliphatic rings. The summed E-state index contributed by atoms with van der Waals surface area (Å²) >= 11 is 1.75.